The van der Waals surface area contributed by atoms with E-state index in [2.05, 4.69) is 15.9 Å². The van der Waals surface area contributed by atoms with Crippen molar-refractivity contribution < 1.29 is 8.42 Å². The monoisotopic (exact) mass is 323 g/mol. The van der Waals surface area contributed by atoms with Crippen molar-refractivity contribution in [3.63, 3.8) is 0 Å². The van der Waals surface area contributed by atoms with E-state index in [1.165, 1.54) is 11.3 Å². The first kappa shape index (κ1) is 12.5. The quantitative estimate of drug-likeness (QED) is 0.838. The molecule has 0 N–H and O–H groups in total. The zero-order valence-corrected chi connectivity index (χ0v) is 12.5. The number of thiophene rings is 1. The molecule has 2 heterocycles. The number of hydrogen-bond donors (Lipinski definition) is 0. The van der Waals surface area contributed by atoms with Gasteiger partial charge in [0.25, 0.3) is 10.0 Å². The van der Waals surface area contributed by atoms with Crippen molar-refractivity contribution in [1.82, 2.24) is 4.31 Å². The lowest BCUT2D eigenvalue weighted by Crippen LogP contribution is -2.42. The summed E-state index contributed by atoms with van der Waals surface area (Å²) < 4.78 is 27.6. The maximum absolute atomic E-state index is 12.4. The number of halogens is 1. The Labute approximate surface area is 109 Å². The Morgan fingerprint density at radius 3 is 2.62 bits per heavy atom. The van der Waals surface area contributed by atoms with Gasteiger partial charge in [0, 0.05) is 16.6 Å². The highest BCUT2D eigenvalue weighted by Crippen LogP contribution is 2.38. The molecule has 0 aliphatic carbocycles. The van der Waals surface area contributed by atoms with Crippen LogP contribution in [0.5, 0.6) is 0 Å². The Kier molecular flexibility index (Phi) is 3.20. The van der Waals surface area contributed by atoms with Crippen LogP contribution in [0.15, 0.2) is 20.1 Å². The molecule has 90 valence electrons. The molecule has 0 unspecified atom stereocenters. The Morgan fingerprint density at radius 1 is 1.50 bits per heavy atom. The molecule has 0 aromatic carbocycles. The molecule has 0 radical (unpaired) electrons. The molecule has 1 aromatic heterocycles. The average Bonchev–Trinajstić information content (AvgIpc) is 2.71. The first-order chi connectivity index (χ1) is 7.36. The maximum Gasteiger partial charge on any atom is 0.254 e. The molecule has 0 saturated carbocycles. The lowest BCUT2D eigenvalue weighted by molar-refractivity contribution is 0.292. The minimum atomic E-state index is -3.33. The van der Waals surface area contributed by atoms with Crippen LogP contribution in [0.1, 0.15) is 26.7 Å². The third-order valence-electron chi connectivity index (χ3n) is 2.93. The van der Waals surface area contributed by atoms with Gasteiger partial charge in [-0.15, -0.1) is 11.3 Å². The number of rotatable bonds is 2. The van der Waals surface area contributed by atoms with Crippen LogP contribution >= 0.6 is 27.3 Å². The molecule has 2 rings (SSSR count). The lowest BCUT2D eigenvalue weighted by atomic mass is 10.0. The molecule has 0 bridgehead atoms. The van der Waals surface area contributed by atoms with E-state index in [4.69, 9.17) is 0 Å². The molecule has 0 atom stereocenters. The van der Waals surface area contributed by atoms with Crippen molar-refractivity contribution in [2.75, 3.05) is 6.54 Å². The molecule has 0 spiro atoms. The molecule has 1 fully saturated rings. The zero-order valence-electron chi connectivity index (χ0n) is 9.23. The zero-order chi connectivity index (χ0) is 12.0. The second kappa shape index (κ2) is 4.08. The van der Waals surface area contributed by atoms with Crippen LogP contribution < -0.4 is 0 Å². The molecule has 1 aliphatic heterocycles. The summed E-state index contributed by atoms with van der Waals surface area (Å²) in [5, 5.41) is 1.79. The van der Waals surface area contributed by atoms with Crippen molar-refractivity contribution in [2.45, 2.75) is 36.4 Å². The molecule has 0 amide bonds. The fourth-order valence-electron chi connectivity index (χ4n) is 2.09. The number of sulfonamides is 1. The van der Waals surface area contributed by atoms with Crippen LogP contribution in [0.4, 0.5) is 0 Å². The average molecular weight is 324 g/mol. The van der Waals surface area contributed by atoms with Crippen molar-refractivity contribution in [2.24, 2.45) is 0 Å². The highest BCUT2D eigenvalue weighted by molar-refractivity contribution is 9.10. The molecule has 1 aromatic rings. The predicted octanol–water partition coefficient (Wildman–Crippen LogP) is 3.07. The van der Waals surface area contributed by atoms with Gasteiger partial charge in [-0.05, 0) is 54.1 Å². The smallest absolute Gasteiger partial charge is 0.206 e. The van der Waals surface area contributed by atoms with Gasteiger partial charge in [-0.25, -0.2) is 8.42 Å². The minimum Gasteiger partial charge on any atom is -0.206 e. The molecule has 1 saturated heterocycles. The van der Waals surface area contributed by atoms with Crippen molar-refractivity contribution in [3.8, 4) is 0 Å². The second-order valence-electron chi connectivity index (χ2n) is 4.55. The first-order valence-electron chi connectivity index (χ1n) is 5.11. The summed E-state index contributed by atoms with van der Waals surface area (Å²) in [5.74, 6) is 0. The summed E-state index contributed by atoms with van der Waals surface area (Å²) in [6.07, 6.45) is 1.87. The second-order valence-corrected chi connectivity index (χ2v) is 8.38. The van der Waals surface area contributed by atoms with Crippen LogP contribution in [0, 0.1) is 0 Å². The highest BCUT2D eigenvalue weighted by Gasteiger charge is 2.41. The Balaban J connectivity index is 2.45. The highest BCUT2D eigenvalue weighted by atomic mass is 79.9. The van der Waals surface area contributed by atoms with E-state index >= 15 is 0 Å². The van der Waals surface area contributed by atoms with Crippen molar-refractivity contribution in [3.05, 3.63) is 15.9 Å². The Morgan fingerprint density at radius 2 is 2.19 bits per heavy atom. The third kappa shape index (κ3) is 1.96. The van der Waals surface area contributed by atoms with Crippen LogP contribution in [0.2, 0.25) is 0 Å². The van der Waals surface area contributed by atoms with E-state index in [9.17, 15) is 8.42 Å². The summed E-state index contributed by atoms with van der Waals surface area (Å²) in [5.41, 5.74) is -0.262. The number of hydrogen-bond acceptors (Lipinski definition) is 3. The fraction of sp³-hybridized carbons (Fsp3) is 0.600. The molecule has 1 aliphatic rings. The summed E-state index contributed by atoms with van der Waals surface area (Å²) in [6, 6.07) is 1.78. The van der Waals surface area contributed by atoms with E-state index in [0.717, 1.165) is 12.8 Å². The SMILES string of the molecule is CC1(C)CCCN1S(=O)(=O)c1sccc1Br. The normalized spacial score (nSPS) is 21.4. The fourth-order valence-corrected chi connectivity index (χ4v) is 6.35. The topological polar surface area (TPSA) is 37.4 Å². The first-order valence-corrected chi connectivity index (χ1v) is 8.23. The molecule has 6 heteroatoms. The summed E-state index contributed by atoms with van der Waals surface area (Å²) in [7, 11) is -3.33. The van der Waals surface area contributed by atoms with Gasteiger partial charge in [0.2, 0.25) is 0 Å². The Bertz CT molecular complexity index is 493. The molecular weight excluding hydrogens is 310 g/mol. The van der Waals surface area contributed by atoms with Gasteiger partial charge >= 0.3 is 0 Å². The predicted molar refractivity (Wildman–Crippen MR) is 69.2 cm³/mol. The Hall–Kier alpha value is 0.0900. The van der Waals surface area contributed by atoms with Crippen molar-refractivity contribution in [1.29, 1.82) is 0 Å². The molecular formula is C10H14BrNO2S2. The summed E-state index contributed by atoms with van der Waals surface area (Å²) in [4.78, 5) is 0. The van der Waals surface area contributed by atoms with Gasteiger partial charge in [-0.1, -0.05) is 0 Å². The van der Waals surface area contributed by atoms with Gasteiger partial charge in [0.1, 0.15) is 4.21 Å². The van der Waals surface area contributed by atoms with E-state index in [1.807, 2.05) is 13.8 Å². The van der Waals surface area contributed by atoms with Crippen LogP contribution in [0.25, 0.3) is 0 Å². The third-order valence-corrected chi connectivity index (χ3v) is 7.69. The van der Waals surface area contributed by atoms with Gasteiger partial charge in [-0.2, -0.15) is 4.31 Å². The van der Waals surface area contributed by atoms with Crippen LogP contribution in [-0.2, 0) is 10.0 Å². The summed E-state index contributed by atoms with van der Waals surface area (Å²) in [6.45, 7) is 4.60. The van der Waals surface area contributed by atoms with E-state index < -0.39 is 10.0 Å². The van der Waals surface area contributed by atoms with Gasteiger partial charge < -0.3 is 0 Å². The van der Waals surface area contributed by atoms with Crippen LogP contribution in [0.3, 0.4) is 0 Å². The summed E-state index contributed by atoms with van der Waals surface area (Å²) >= 11 is 4.56. The van der Waals surface area contributed by atoms with E-state index in [0.29, 0.717) is 15.2 Å². The van der Waals surface area contributed by atoms with Crippen LogP contribution in [-0.4, -0.2) is 24.8 Å². The van der Waals surface area contributed by atoms with Gasteiger partial charge in [0.15, 0.2) is 0 Å². The molecule has 16 heavy (non-hydrogen) atoms. The van der Waals surface area contributed by atoms with E-state index in [-0.39, 0.29) is 5.54 Å². The van der Waals surface area contributed by atoms with Gasteiger partial charge in [-0.3, -0.25) is 0 Å². The van der Waals surface area contributed by atoms with E-state index in [1.54, 1.807) is 15.8 Å². The maximum atomic E-state index is 12.4. The largest absolute Gasteiger partial charge is 0.254 e. The standard InChI is InChI=1S/C10H14BrNO2S2/c1-10(2)5-3-6-12(10)16(13,14)9-8(11)4-7-15-9/h4,7H,3,5-6H2,1-2H3. The van der Waals surface area contributed by atoms with Gasteiger partial charge in [0.05, 0.1) is 0 Å². The minimum absolute atomic E-state index is 0.262. The van der Waals surface area contributed by atoms with Crippen molar-refractivity contribution >= 4 is 37.3 Å². The molecule has 3 nitrogen and oxygen atoms in total. The lowest BCUT2D eigenvalue weighted by Gasteiger charge is -2.30. The number of nitrogens with zero attached hydrogens (tertiary/aromatic N) is 1.